The third-order valence-corrected chi connectivity index (χ3v) is 4.58. The summed E-state index contributed by atoms with van der Waals surface area (Å²) in [7, 11) is 0. The van der Waals surface area contributed by atoms with E-state index in [-0.39, 0.29) is 11.8 Å². The molecule has 0 bridgehead atoms. The van der Waals surface area contributed by atoms with Crippen molar-refractivity contribution in [3.63, 3.8) is 0 Å². The Labute approximate surface area is 95.8 Å². The first-order chi connectivity index (χ1) is 7.27. The molecule has 0 aromatic carbocycles. The Morgan fingerprint density at radius 2 is 2.33 bits per heavy atom. The van der Waals surface area contributed by atoms with E-state index in [1.165, 1.54) is 12.2 Å². The molecule has 2 fully saturated rings. The number of carbonyl (C=O) groups excluding carboxylic acids is 1. The molecule has 2 heterocycles. The molecule has 86 valence electrons. The Bertz CT molecular complexity index is 229. The van der Waals surface area contributed by atoms with E-state index in [0.717, 1.165) is 25.3 Å². The van der Waals surface area contributed by atoms with Crippen LogP contribution in [0.2, 0.25) is 0 Å². The lowest BCUT2D eigenvalue weighted by molar-refractivity contribution is -0.126. The third kappa shape index (κ3) is 2.88. The Balaban J connectivity index is 1.80. The van der Waals surface area contributed by atoms with Crippen LogP contribution in [0.3, 0.4) is 0 Å². The molecule has 0 aromatic rings. The summed E-state index contributed by atoms with van der Waals surface area (Å²) in [6, 6.07) is 0.420. The molecule has 3 nitrogen and oxygen atoms in total. The Morgan fingerprint density at radius 3 is 2.93 bits per heavy atom. The molecule has 2 rings (SSSR count). The van der Waals surface area contributed by atoms with E-state index in [1.54, 1.807) is 0 Å². The number of hydrogen-bond acceptors (Lipinski definition) is 3. The van der Waals surface area contributed by atoms with Crippen LogP contribution in [0.5, 0.6) is 0 Å². The van der Waals surface area contributed by atoms with Crippen molar-refractivity contribution in [2.45, 2.75) is 25.8 Å². The van der Waals surface area contributed by atoms with Crippen LogP contribution in [-0.4, -0.2) is 36.5 Å². The molecule has 0 spiro atoms. The number of amides is 1. The first kappa shape index (κ1) is 11.3. The van der Waals surface area contributed by atoms with Gasteiger partial charge in [-0.3, -0.25) is 4.79 Å². The first-order valence-corrected chi connectivity index (χ1v) is 7.01. The standard InChI is InChI=1S/C11H20N2OS/c1-8-5-12-6-10(8)11(14)13-9-3-2-4-15-7-9/h8-10,12H,2-7H2,1H3,(H,13,14)/t8-,9?,10-/m1/s1. The number of nitrogens with one attached hydrogen (secondary N) is 2. The van der Waals surface area contributed by atoms with E-state index in [2.05, 4.69) is 17.6 Å². The molecule has 1 amide bonds. The molecule has 15 heavy (non-hydrogen) atoms. The third-order valence-electron chi connectivity index (χ3n) is 3.36. The lowest BCUT2D eigenvalue weighted by Crippen LogP contribution is -2.43. The van der Waals surface area contributed by atoms with Crippen molar-refractivity contribution in [2.75, 3.05) is 24.6 Å². The molecule has 2 aliphatic heterocycles. The zero-order valence-corrected chi connectivity index (χ0v) is 10.1. The van der Waals surface area contributed by atoms with Gasteiger partial charge >= 0.3 is 0 Å². The molecular weight excluding hydrogens is 208 g/mol. The molecule has 3 atom stereocenters. The summed E-state index contributed by atoms with van der Waals surface area (Å²) in [4.78, 5) is 12.0. The van der Waals surface area contributed by atoms with Crippen LogP contribution in [-0.2, 0) is 4.79 Å². The summed E-state index contributed by atoms with van der Waals surface area (Å²) in [5, 5.41) is 6.47. The van der Waals surface area contributed by atoms with Gasteiger partial charge in [0.1, 0.15) is 0 Å². The van der Waals surface area contributed by atoms with Crippen molar-refractivity contribution >= 4 is 17.7 Å². The van der Waals surface area contributed by atoms with Crippen LogP contribution in [0, 0.1) is 11.8 Å². The maximum absolute atomic E-state index is 12.0. The summed E-state index contributed by atoms with van der Waals surface area (Å²) >= 11 is 1.96. The van der Waals surface area contributed by atoms with E-state index < -0.39 is 0 Å². The number of hydrogen-bond donors (Lipinski definition) is 2. The quantitative estimate of drug-likeness (QED) is 0.736. The van der Waals surface area contributed by atoms with Crippen LogP contribution < -0.4 is 10.6 Å². The van der Waals surface area contributed by atoms with Gasteiger partial charge in [-0.15, -0.1) is 0 Å². The first-order valence-electron chi connectivity index (χ1n) is 5.86. The predicted octanol–water partition coefficient (Wildman–Crippen LogP) is 0.854. The fourth-order valence-corrected chi connectivity index (χ4v) is 3.40. The van der Waals surface area contributed by atoms with Gasteiger partial charge in [0.25, 0.3) is 0 Å². The Kier molecular flexibility index (Phi) is 3.92. The second-order valence-corrected chi connectivity index (χ2v) is 5.81. The van der Waals surface area contributed by atoms with Crippen LogP contribution >= 0.6 is 11.8 Å². The van der Waals surface area contributed by atoms with E-state index >= 15 is 0 Å². The molecule has 2 N–H and O–H groups in total. The monoisotopic (exact) mass is 228 g/mol. The Morgan fingerprint density at radius 1 is 1.47 bits per heavy atom. The van der Waals surface area contributed by atoms with Crippen LogP contribution in [0.15, 0.2) is 0 Å². The average Bonchev–Trinajstić information content (AvgIpc) is 2.66. The van der Waals surface area contributed by atoms with E-state index in [0.29, 0.717) is 12.0 Å². The highest BCUT2D eigenvalue weighted by molar-refractivity contribution is 7.99. The van der Waals surface area contributed by atoms with Crippen LogP contribution in [0.25, 0.3) is 0 Å². The lowest BCUT2D eigenvalue weighted by Gasteiger charge is -2.24. The lowest BCUT2D eigenvalue weighted by atomic mass is 9.97. The molecule has 4 heteroatoms. The second kappa shape index (κ2) is 5.21. The van der Waals surface area contributed by atoms with Crippen LogP contribution in [0.4, 0.5) is 0 Å². The maximum atomic E-state index is 12.0. The smallest absolute Gasteiger partial charge is 0.224 e. The van der Waals surface area contributed by atoms with Gasteiger partial charge in [-0.05, 0) is 31.1 Å². The summed E-state index contributed by atoms with van der Waals surface area (Å²) in [5.74, 6) is 3.30. The van der Waals surface area contributed by atoms with Gasteiger partial charge in [0.15, 0.2) is 0 Å². The fraction of sp³-hybridized carbons (Fsp3) is 0.909. The summed E-state index contributed by atoms with van der Waals surface area (Å²) < 4.78 is 0. The van der Waals surface area contributed by atoms with Gasteiger partial charge in [-0.25, -0.2) is 0 Å². The minimum atomic E-state index is 0.192. The van der Waals surface area contributed by atoms with Gasteiger partial charge in [0.2, 0.25) is 5.91 Å². The number of thioether (sulfide) groups is 1. The molecule has 2 aliphatic rings. The van der Waals surface area contributed by atoms with Gasteiger partial charge in [-0.1, -0.05) is 6.92 Å². The number of rotatable bonds is 2. The van der Waals surface area contributed by atoms with Crippen molar-refractivity contribution in [3.05, 3.63) is 0 Å². The second-order valence-electron chi connectivity index (χ2n) is 4.66. The highest BCUT2D eigenvalue weighted by Gasteiger charge is 2.30. The van der Waals surface area contributed by atoms with Crippen molar-refractivity contribution in [3.8, 4) is 0 Å². The summed E-state index contributed by atoms with van der Waals surface area (Å²) in [6.45, 7) is 3.99. The SMILES string of the molecule is C[C@@H]1CNC[C@H]1C(=O)NC1CCCSC1. The highest BCUT2D eigenvalue weighted by Crippen LogP contribution is 2.19. The fourth-order valence-electron chi connectivity index (χ4n) is 2.32. The summed E-state index contributed by atoms with van der Waals surface area (Å²) in [5.41, 5.74) is 0. The molecule has 0 saturated carbocycles. The molecule has 0 radical (unpaired) electrons. The van der Waals surface area contributed by atoms with Crippen molar-refractivity contribution in [2.24, 2.45) is 11.8 Å². The minimum Gasteiger partial charge on any atom is -0.352 e. The topological polar surface area (TPSA) is 41.1 Å². The van der Waals surface area contributed by atoms with Gasteiger partial charge in [-0.2, -0.15) is 11.8 Å². The molecule has 2 saturated heterocycles. The van der Waals surface area contributed by atoms with E-state index in [9.17, 15) is 4.79 Å². The summed E-state index contributed by atoms with van der Waals surface area (Å²) in [6.07, 6.45) is 2.40. The maximum Gasteiger partial charge on any atom is 0.224 e. The molecule has 1 unspecified atom stereocenters. The van der Waals surface area contributed by atoms with Gasteiger partial charge in [0, 0.05) is 18.3 Å². The van der Waals surface area contributed by atoms with Crippen LogP contribution in [0.1, 0.15) is 19.8 Å². The largest absolute Gasteiger partial charge is 0.352 e. The zero-order chi connectivity index (χ0) is 10.7. The average molecular weight is 228 g/mol. The van der Waals surface area contributed by atoms with E-state index in [4.69, 9.17) is 0 Å². The van der Waals surface area contributed by atoms with Gasteiger partial charge < -0.3 is 10.6 Å². The molecule has 0 aromatic heterocycles. The predicted molar refractivity (Wildman–Crippen MR) is 64.0 cm³/mol. The van der Waals surface area contributed by atoms with E-state index in [1.807, 2.05) is 11.8 Å². The van der Waals surface area contributed by atoms with Crippen molar-refractivity contribution in [1.29, 1.82) is 0 Å². The van der Waals surface area contributed by atoms with Crippen molar-refractivity contribution < 1.29 is 4.79 Å². The van der Waals surface area contributed by atoms with Gasteiger partial charge in [0.05, 0.1) is 5.92 Å². The Hall–Kier alpha value is -0.220. The molecule has 0 aliphatic carbocycles. The zero-order valence-electron chi connectivity index (χ0n) is 9.29. The van der Waals surface area contributed by atoms with Crippen molar-refractivity contribution in [1.82, 2.24) is 10.6 Å². The number of carbonyl (C=O) groups is 1. The minimum absolute atomic E-state index is 0.192. The highest BCUT2D eigenvalue weighted by atomic mass is 32.2. The molecular formula is C11H20N2OS. The normalized spacial score (nSPS) is 36.5.